The molecule has 0 aliphatic heterocycles. The maximum atomic E-state index is 11.6. The van der Waals surface area contributed by atoms with Crippen LogP contribution in [0.1, 0.15) is 29.5 Å². The van der Waals surface area contributed by atoms with Crippen molar-refractivity contribution in [3.8, 4) is 0 Å². The second-order valence-corrected chi connectivity index (χ2v) is 4.18. The van der Waals surface area contributed by atoms with Gasteiger partial charge in [0, 0.05) is 19.6 Å². The maximum Gasteiger partial charge on any atom is 0.340 e. The number of hydrogen-bond donors (Lipinski definition) is 1. The number of ether oxygens (including phenoxy) is 2. The van der Waals surface area contributed by atoms with Crippen LogP contribution in [0, 0.1) is 0 Å². The van der Waals surface area contributed by atoms with Crippen LogP contribution in [0.4, 0.5) is 0 Å². The molecule has 0 radical (unpaired) electrons. The van der Waals surface area contributed by atoms with Crippen molar-refractivity contribution in [1.29, 1.82) is 0 Å². The number of aromatic amines is 1. The highest BCUT2D eigenvalue weighted by Gasteiger charge is 2.13. The highest BCUT2D eigenvalue weighted by atomic mass is 16.5. The molecule has 2 aromatic rings. The SMILES string of the molecule is CCOCCCc1nc2c(C(=O)OC)cccc2[nH]1. The summed E-state index contributed by atoms with van der Waals surface area (Å²) in [4.78, 5) is 19.3. The zero-order chi connectivity index (χ0) is 13.7. The van der Waals surface area contributed by atoms with Crippen molar-refractivity contribution >= 4 is 17.0 Å². The van der Waals surface area contributed by atoms with Gasteiger partial charge >= 0.3 is 5.97 Å². The zero-order valence-corrected chi connectivity index (χ0v) is 11.2. The Morgan fingerprint density at radius 3 is 3.00 bits per heavy atom. The van der Waals surface area contributed by atoms with Gasteiger partial charge in [-0.1, -0.05) is 6.07 Å². The summed E-state index contributed by atoms with van der Waals surface area (Å²) in [6, 6.07) is 5.44. The first-order chi connectivity index (χ1) is 9.26. The van der Waals surface area contributed by atoms with Crippen molar-refractivity contribution in [3.63, 3.8) is 0 Å². The summed E-state index contributed by atoms with van der Waals surface area (Å²) in [6.45, 7) is 3.42. The number of aryl methyl sites for hydroxylation is 1. The highest BCUT2D eigenvalue weighted by Crippen LogP contribution is 2.18. The summed E-state index contributed by atoms with van der Waals surface area (Å²) in [6.07, 6.45) is 1.70. The molecule has 0 aliphatic rings. The third-order valence-electron chi connectivity index (χ3n) is 2.87. The van der Waals surface area contributed by atoms with Crippen molar-refractivity contribution in [2.24, 2.45) is 0 Å². The molecule has 2 rings (SSSR count). The predicted octanol–water partition coefficient (Wildman–Crippen LogP) is 2.32. The summed E-state index contributed by atoms with van der Waals surface area (Å²) in [5.74, 6) is 0.504. The van der Waals surface area contributed by atoms with Crippen molar-refractivity contribution in [3.05, 3.63) is 29.6 Å². The first-order valence-corrected chi connectivity index (χ1v) is 6.40. The molecular weight excluding hydrogens is 244 g/mol. The molecule has 1 N–H and O–H groups in total. The van der Waals surface area contributed by atoms with Crippen molar-refractivity contribution < 1.29 is 14.3 Å². The average Bonchev–Trinajstić information content (AvgIpc) is 2.85. The minimum absolute atomic E-state index is 0.363. The molecule has 19 heavy (non-hydrogen) atoms. The molecule has 5 nitrogen and oxygen atoms in total. The number of fused-ring (bicyclic) bond motifs is 1. The van der Waals surface area contributed by atoms with Gasteiger partial charge in [-0.05, 0) is 25.5 Å². The van der Waals surface area contributed by atoms with Crippen LogP contribution in [0.2, 0.25) is 0 Å². The summed E-state index contributed by atoms with van der Waals surface area (Å²) in [5.41, 5.74) is 2.02. The number of benzene rings is 1. The van der Waals surface area contributed by atoms with E-state index in [1.54, 1.807) is 6.07 Å². The lowest BCUT2D eigenvalue weighted by molar-refractivity contribution is 0.0603. The maximum absolute atomic E-state index is 11.6. The third kappa shape index (κ3) is 3.12. The van der Waals surface area contributed by atoms with Crippen LogP contribution in [0.25, 0.3) is 11.0 Å². The van der Waals surface area contributed by atoms with E-state index in [0.29, 0.717) is 11.1 Å². The van der Waals surface area contributed by atoms with Gasteiger partial charge in [0.2, 0.25) is 0 Å². The van der Waals surface area contributed by atoms with Gasteiger partial charge in [-0.15, -0.1) is 0 Å². The molecule has 102 valence electrons. The van der Waals surface area contributed by atoms with E-state index < -0.39 is 0 Å². The van der Waals surface area contributed by atoms with Gasteiger partial charge in [-0.2, -0.15) is 0 Å². The molecular formula is C14H18N2O3. The van der Waals surface area contributed by atoms with E-state index in [-0.39, 0.29) is 5.97 Å². The number of nitrogens with zero attached hydrogens (tertiary/aromatic N) is 1. The van der Waals surface area contributed by atoms with Crippen molar-refractivity contribution in [2.45, 2.75) is 19.8 Å². The van der Waals surface area contributed by atoms with Crippen LogP contribution in [-0.2, 0) is 15.9 Å². The quantitative estimate of drug-likeness (QED) is 0.641. The number of aromatic nitrogens is 2. The predicted molar refractivity (Wildman–Crippen MR) is 72.2 cm³/mol. The summed E-state index contributed by atoms with van der Waals surface area (Å²) < 4.78 is 10.0. The van der Waals surface area contributed by atoms with Gasteiger partial charge in [0.15, 0.2) is 0 Å². The lowest BCUT2D eigenvalue weighted by atomic mass is 10.2. The molecule has 1 heterocycles. The molecule has 0 amide bonds. The number of imidazole rings is 1. The van der Waals surface area contributed by atoms with E-state index in [9.17, 15) is 4.79 Å². The van der Waals surface area contributed by atoms with Gasteiger partial charge < -0.3 is 14.5 Å². The van der Waals surface area contributed by atoms with Gasteiger partial charge in [0.05, 0.1) is 18.2 Å². The number of hydrogen-bond acceptors (Lipinski definition) is 4. The van der Waals surface area contributed by atoms with Gasteiger partial charge in [-0.3, -0.25) is 0 Å². The number of nitrogens with one attached hydrogen (secondary N) is 1. The van der Waals surface area contributed by atoms with E-state index >= 15 is 0 Å². The minimum atomic E-state index is -0.363. The molecule has 5 heteroatoms. The zero-order valence-electron chi connectivity index (χ0n) is 11.2. The van der Waals surface area contributed by atoms with Crippen molar-refractivity contribution in [1.82, 2.24) is 9.97 Å². The Morgan fingerprint density at radius 1 is 1.42 bits per heavy atom. The van der Waals surface area contributed by atoms with Crippen LogP contribution < -0.4 is 0 Å². The van der Waals surface area contributed by atoms with Crippen LogP contribution in [0.15, 0.2) is 18.2 Å². The van der Waals surface area contributed by atoms with Crippen LogP contribution in [0.5, 0.6) is 0 Å². The second-order valence-electron chi connectivity index (χ2n) is 4.18. The fraction of sp³-hybridized carbons (Fsp3) is 0.429. The van der Waals surface area contributed by atoms with E-state index in [1.807, 2.05) is 19.1 Å². The Kier molecular flexibility index (Phi) is 4.52. The molecule has 0 bridgehead atoms. The Balaban J connectivity index is 2.18. The summed E-state index contributed by atoms with van der Waals surface area (Å²) >= 11 is 0. The number of rotatable bonds is 6. The van der Waals surface area contributed by atoms with E-state index in [1.165, 1.54) is 7.11 Å². The topological polar surface area (TPSA) is 64.2 Å². The first-order valence-electron chi connectivity index (χ1n) is 6.40. The number of carbonyl (C=O) groups is 1. The lowest BCUT2D eigenvalue weighted by Gasteiger charge is -1.99. The van der Waals surface area contributed by atoms with E-state index in [2.05, 4.69) is 9.97 Å². The third-order valence-corrected chi connectivity index (χ3v) is 2.87. The number of para-hydroxylation sites is 1. The van der Waals surface area contributed by atoms with Gasteiger partial charge in [-0.25, -0.2) is 9.78 Å². The normalized spacial score (nSPS) is 10.8. The summed E-state index contributed by atoms with van der Waals surface area (Å²) in [5, 5.41) is 0. The molecule has 0 saturated carbocycles. The molecule has 1 aromatic heterocycles. The number of methoxy groups -OCH3 is 1. The Labute approximate surface area is 111 Å². The minimum Gasteiger partial charge on any atom is -0.465 e. The van der Waals surface area contributed by atoms with Crippen LogP contribution in [0.3, 0.4) is 0 Å². The fourth-order valence-electron chi connectivity index (χ4n) is 1.96. The van der Waals surface area contributed by atoms with Crippen LogP contribution >= 0.6 is 0 Å². The molecule has 0 saturated heterocycles. The van der Waals surface area contributed by atoms with Crippen molar-refractivity contribution in [2.75, 3.05) is 20.3 Å². The van der Waals surface area contributed by atoms with Gasteiger partial charge in [0.1, 0.15) is 11.3 Å². The second kappa shape index (κ2) is 6.33. The number of esters is 1. The number of carbonyl (C=O) groups excluding carboxylic acids is 1. The summed E-state index contributed by atoms with van der Waals surface area (Å²) in [7, 11) is 1.37. The molecule has 1 aromatic carbocycles. The molecule has 0 atom stereocenters. The highest BCUT2D eigenvalue weighted by molar-refractivity contribution is 6.01. The monoisotopic (exact) mass is 262 g/mol. The Bertz CT molecular complexity index is 563. The largest absolute Gasteiger partial charge is 0.465 e. The average molecular weight is 262 g/mol. The molecule has 0 fully saturated rings. The fourth-order valence-corrected chi connectivity index (χ4v) is 1.96. The standard InChI is InChI=1S/C14H18N2O3/c1-3-19-9-5-8-12-15-11-7-4-6-10(13(11)16-12)14(17)18-2/h4,6-7H,3,5,8-9H2,1-2H3,(H,15,16). The Morgan fingerprint density at radius 2 is 2.26 bits per heavy atom. The lowest BCUT2D eigenvalue weighted by Crippen LogP contribution is -2.01. The van der Waals surface area contributed by atoms with Crippen LogP contribution in [-0.4, -0.2) is 36.3 Å². The smallest absolute Gasteiger partial charge is 0.340 e. The number of H-pyrrole nitrogens is 1. The molecule has 0 spiro atoms. The van der Waals surface area contributed by atoms with E-state index in [0.717, 1.165) is 37.4 Å². The first kappa shape index (κ1) is 13.5. The molecule has 0 aliphatic carbocycles. The van der Waals surface area contributed by atoms with Gasteiger partial charge in [0.25, 0.3) is 0 Å². The Hall–Kier alpha value is -1.88. The molecule has 0 unspecified atom stereocenters. The van der Waals surface area contributed by atoms with E-state index in [4.69, 9.17) is 9.47 Å².